The number of carbonyl (C=O) groups excluding carboxylic acids is 1. The number of guanidine groups is 1. The highest BCUT2D eigenvalue weighted by atomic mass is 16.1. The smallest absolute Gasteiger partial charge is 0.251 e. The summed E-state index contributed by atoms with van der Waals surface area (Å²) in [5.41, 5.74) is 8.27. The van der Waals surface area contributed by atoms with Gasteiger partial charge in [0.15, 0.2) is 5.96 Å². The fraction of sp³-hybridized carbons (Fsp3) is 0.609. The van der Waals surface area contributed by atoms with Crippen LogP contribution in [0.4, 0.5) is 0 Å². The molecule has 5 heteroatoms. The number of amides is 1. The molecule has 1 aromatic carbocycles. The Balaban J connectivity index is 1.50. The third-order valence-corrected chi connectivity index (χ3v) is 7.36. The average Bonchev–Trinajstić information content (AvgIpc) is 2.71. The van der Waals surface area contributed by atoms with E-state index in [1.54, 1.807) is 6.54 Å². The molecule has 28 heavy (non-hydrogen) atoms. The van der Waals surface area contributed by atoms with Crippen LogP contribution >= 0.6 is 0 Å². The summed E-state index contributed by atoms with van der Waals surface area (Å²) >= 11 is 0. The third kappa shape index (κ3) is 4.34. The van der Waals surface area contributed by atoms with Gasteiger partial charge in [-0.2, -0.15) is 0 Å². The molecule has 3 aliphatic carbocycles. The second-order valence-corrected chi connectivity index (χ2v) is 9.04. The van der Waals surface area contributed by atoms with E-state index in [-0.39, 0.29) is 11.9 Å². The molecule has 3 saturated carbocycles. The summed E-state index contributed by atoms with van der Waals surface area (Å²) in [5.74, 6) is 0.704. The van der Waals surface area contributed by atoms with Gasteiger partial charge >= 0.3 is 0 Å². The summed E-state index contributed by atoms with van der Waals surface area (Å²) in [6.45, 7) is 7.20. The molecule has 1 radical (unpaired) electrons. The van der Waals surface area contributed by atoms with Crippen LogP contribution in [0.2, 0.25) is 0 Å². The first-order valence-corrected chi connectivity index (χ1v) is 10.7. The molecule has 1 amide bonds. The van der Waals surface area contributed by atoms with Gasteiger partial charge in [0.05, 0.1) is 0 Å². The molecular formula is C23H35N4O. The van der Waals surface area contributed by atoms with Gasteiger partial charge in [0.2, 0.25) is 0 Å². The molecular weight excluding hydrogens is 348 g/mol. The van der Waals surface area contributed by atoms with E-state index in [4.69, 9.17) is 11.1 Å². The number of hydrogen-bond donors (Lipinski definition) is 4. The van der Waals surface area contributed by atoms with E-state index in [9.17, 15) is 4.79 Å². The highest BCUT2D eigenvalue weighted by molar-refractivity contribution is 5.94. The van der Waals surface area contributed by atoms with E-state index in [0.717, 1.165) is 18.8 Å². The molecule has 3 fully saturated rings. The highest BCUT2D eigenvalue weighted by Crippen LogP contribution is 2.60. The van der Waals surface area contributed by atoms with Crippen molar-refractivity contribution in [2.24, 2.45) is 17.1 Å². The molecule has 153 valence electrons. The predicted molar refractivity (Wildman–Crippen MR) is 114 cm³/mol. The van der Waals surface area contributed by atoms with Gasteiger partial charge in [-0.1, -0.05) is 26.0 Å². The Kier molecular flexibility index (Phi) is 6.31. The standard InChI is InChI=1S/C23H35N4O/c1-17(2)22-9-12-23(13-10-22,14-11-22)19-7-5-18(6-8-19)20(28)26-15-3-4-16-27-21(24)25/h5-8,15,17H,3-4,9-14,16H2,1-2H3,(H,26,28)(H4,24,25,27). The van der Waals surface area contributed by atoms with Crippen LogP contribution in [0.1, 0.15) is 81.1 Å². The molecule has 3 aliphatic rings. The van der Waals surface area contributed by atoms with Gasteiger partial charge < -0.3 is 16.4 Å². The summed E-state index contributed by atoms with van der Waals surface area (Å²) in [6, 6.07) is 8.31. The topological polar surface area (TPSA) is 91.0 Å². The molecule has 0 spiro atoms. The lowest BCUT2D eigenvalue weighted by Crippen LogP contribution is -2.46. The van der Waals surface area contributed by atoms with Crippen molar-refractivity contribution >= 4 is 11.9 Å². The molecule has 0 aromatic heterocycles. The van der Waals surface area contributed by atoms with Crippen molar-refractivity contribution in [2.45, 2.75) is 70.6 Å². The lowest BCUT2D eigenvalue weighted by molar-refractivity contribution is 0.00186. The molecule has 0 aliphatic heterocycles. The summed E-state index contributed by atoms with van der Waals surface area (Å²) in [5, 5.41) is 12.7. The Morgan fingerprint density at radius 1 is 1.14 bits per heavy atom. The minimum absolute atomic E-state index is 0.0191. The molecule has 5 nitrogen and oxygen atoms in total. The highest BCUT2D eigenvalue weighted by Gasteiger charge is 2.50. The number of benzene rings is 1. The van der Waals surface area contributed by atoms with E-state index in [1.165, 1.54) is 44.1 Å². The monoisotopic (exact) mass is 383 g/mol. The van der Waals surface area contributed by atoms with Crippen molar-refractivity contribution in [3.63, 3.8) is 0 Å². The van der Waals surface area contributed by atoms with E-state index in [0.29, 0.717) is 22.9 Å². The zero-order chi connectivity index (χ0) is 20.2. The number of unbranched alkanes of at least 4 members (excludes halogenated alkanes) is 1. The van der Waals surface area contributed by atoms with Crippen LogP contribution in [0.5, 0.6) is 0 Å². The number of hydrogen-bond acceptors (Lipinski definition) is 2. The zero-order valence-electron chi connectivity index (χ0n) is 17.3. The summed E-state index contributed by atoms with van der Waals surface area (Å²) < 4.78 is 0. The van der Waals surface area contributed by atoms with Crippen molar-refractivity contribution in [3.8, 4) is 0 Å². The quantitative estimate of drug-likeness (QED) is 0.309. The number of nitrogens with two attached hydrogens (primary N) is 1. The maximum atomic E-state index is 12.3. The Morgan fingerprint density at radius 3 is 2.29 bits per heavy atom. The van der Waals surface area contributed by atoms with Gasteiger partial charge in [0.25, 0.3) is 5.91 Å². The van der Waals surface area contributed by atoms with Crippen LogP contribution < -0.4 is 16.4 Å². The molecule has 5 N–H and O–H groups in total. The van der Waals surface area contributed by atoms with Crippen LogP contribution in [-0.4, -0.2) is 18.4 Å². The number of carbonyl (C=O) groups is 1. The number of nitrogens with one attached hydrogen (secondary N) is 3. The Labute approximate surface area is 169 Å². The number of rotatable bonds is 8. The zero-order valence-corrected chi connectivity index (χ0v) is 17.3. The van der Waals surface area contributed by atoms with Gasteiger partial charge in [-0.05, 0) is 85.8 Å². The van der Waals surface area contributed by atoms with Crippen molar-refractivity contribution < 1.29 is 4.79 Å². The van der Waals surface area contributed by atoms with Crippen LogP contribution in [0.3, 0.4) is 0 Å². The van der Waals surface area contributed by atoms with Crippen molar-refractivity contribution in [2.75, 3.05) is 6.54 Å². The Hall–Kier alpha value is -2.04. The molecule has 1 aromatic rings. The first kappa shape index (κ1) is 20.7. The third-order valence-electron chi connectivity index (χ3n) is 7.36. The van der Waals surface area contributed by atoms with Crippen molar-refractivity contribution in [1.82, 2.24) is 10.6 Å². The molecule has 0 heterocycles. The first-order chi connectivity index (χ1) is 13.4. The lowest BCUT2D eigenvalue weighted by atomic mass is 9.49. The molecule has 2 bridgehead atoms. The molecule has 4 rings (SSSR count). The summed E-state index contributed by atoms with van der Waals surface area (Å²) in [7, 11) is 0. The maximum Gasteiger partial charge on any atom is 0.251 e. The second kappa shape index (κ2) is 8.54. The van der Waals surface area contributed by atoms with E-state index in [2.05, 4.69) is 36.6 Å². The summed E-state index contributed by atoms with van der Waals surface area (Å²) in [4.78, 5) is 12.3. The van der Waals surface area contributed by atoms with Crippen LogP contribution in [0.25, 0.3) is 0 Å². The van der Waals surface area contributed by atoms with Gasteiger partial charge in [0, 0.05) is 18.7 Å². The van der Waals surface area contributed by atoms with E-state index < -0.39 is 0 Å². The maximum absolute atomic E-state index is 12.3. The fourth-order valence-corrected chi connectivity index (χ4v) is 5.16. The van der Waals surface area contributed by atoms with Crippen LogP contribution in [-0.2, 0) is 5.41 Å². The Morgan fingerprint density at radius 2 is 1.75 bits per heavy atom. The van der Waals surface area contributed by atoms with Crippen LogP contribution in [0.15, 0.2) is 24.3 Å². The average molecular weight is 384 g/mol. The van der Waals surface area contributed by atoms with Crippen molar-refractivity contribution in [3.05, 3.63) is 41.9 Å². The SMILES string of the molecule is CC(C)C12CCC(c3ccc(C(=O)N[CH]CCCNC(=N)N)cc3)(CC1)CC2. The largest absolute Gasteiger partial charge is 0.370 e. The normalized spacial score (nSPS) is 26.2. The molecule has 0 atom stereocenters. The van der Waals surface area contributed by atoms with Gasteiger partial charge in [0.1, 0.15) is 0 Å². The van der Waals surface area contributed by atoms with Gasteiger partial charge in [-0.25, -0.2) is 0 Å². The summed E-state index contributed by atoms with van der Waals surface area (Å²) in [6.07, 6.45) is 9.47. The Bertz CT molecular complexity index is 671. The second-order valence-electron chi connectivity index (χ2n) is 9.04. The van der Waals surface area contributed by atoms with E-state index >= 15 is 0 Å². The van der Waals surface area contributed by atoms with E-state index in [1.807, 2.05) is 12.1 Å². The minimum atomic E-state index is -0.0605. The van der Waals surface area contributed by atoms with Crippen LogP contribution in [0, 0.1) is 23.3 Å². The minimum Gasteiger partial charge on any atom is -0.370 e. The predicted octanol–water partition coefficient (Wildman–Crippen LogP) is 4.09. The van der Waals surface area contributed by atoms with Crippen molar-refractivity contribution in [1.29, 1.82) is 5.41 Å². The van der Waals surface area contributed by atoms with Gasteiger partial charge in [-0.15, -0.1) is 0 Å². The lowest BCUT2D eigenvalue weighted by Gasteiger charge is -2.56. The number of fused-ring (bicyclic) bond motifs is 3. The molecule has 0 unspecified atom stereocenters. The first-order valence-electron chi connectivity index (χ1n) is 10.7. The van der Waals surface area contributed by atoms with Gasteiger partial charge in [-0.3, -0.25) is 10.2 Å². The molecule has 0 saturated heterocycles. The fourth-order valence-electron chi connectivity index (χ4n) is 5.16.